The van der Waals surface area contributed by atoms with Crippen LogP contribution < -0.4 is 4.74 Å². The highest BCUT2D eigenvalue weighted by Gasteiger charge is 2.53. The molecule has 0 heterocycles. The molecule has 2 rings (SSSR count). The highest BCUT2D eigenvalue weighted by atomic mass is 79.9. The van der Waals surface area contributed by atoms with Crippen LogP contribution in [-0.4, -0.2) is 15.9 Å². The second-order valence-electron chi connectivity index (χ2n) is 5.25. The molecule has 1 fully saturated rings. The number of alkyl halides is 1. The number of rotatable bonds is 5. The van der Waals surface area contributed by atoms with E-state index < -0.39 is 4.92 Å². The first-order valence-corrected chi connectivity index (χ1v) is 8.47. The van der Waals surface area contributed by atoms with Crippen LogP contribution in [0.2, 0.25) is 10.0 Å². The van der Waals surface area contributed by atoms with E-state index in [-0.39, 0.29) is 27.3 Å². The first-order chi connectivity index (χ1) is 9.85. The summed E-state index contributed by atoms with van der Waals surface area (Å²) in [5.74, 6) is 0.333. The highest BCUT2D eigenvalue weighted by Crippen LogP contribution is 2.53. The van der Waals surface area contributed by atoms with Gasteiger partial charge in [0, 0.05) is 22.4 Å². The molecule has 2 unspecified atom stereocenters. The molecule has 1 aliphatic rings. The summed E-state index contributed by atoms with van der Waals surface area (Å²) in [6.07, 6.45) is 2.83. The maximum Gasteiger partial charge on any atom is 0.272 e. The highest BCUT2D eigenvalue weighted by molar-refractivity contribution is 9.09. The lowest BCUT2D eigenvalue weighted by atomic mass is 9.62. The Kier molecular flexibility index (Phi) is 5.06. The predicted octanol–water partition coefficient (Wildman–Crippen LogP) is 5.62. The van der Waals surface area contributed by atoms with E-state index in [0.29, 0.717) is 10.6 Å². The van der Waals surface area contributed by atoms with Crippen LogP contribution in [0.4, 0.5) is 5.69 Å². The van der Waals surface area contributed by atoms with Gasteiger partial charge in [-0.05, 0) is 19.3 Å². The van der Waals surface area contributed by atoms with Crippen LogP contribution in [0.5, 0.6) is 5.75 Å². The van der Waals surface area contributed by atoms with E-state index in [4.69, 9.17) is 27.9 Å². The fourth-order valence-electron chi connectivity index (χ4n) is 2.92. The summed E-state index contributed by atoms with van der Waals surface area (Å²) in [7, 11) is 0. The third kappa shape index (κ3) is 2.88. The molecule has 1 aliphatic carbocycles. The Labute approximate surface area is 142 Å². The van der Waals surface area contributed by atoms with Crippen LogP contribution in [0.1, 0.15) is 33.1 Å². The Balaban J connectivity index is 2.27. The lowest BCUT2D eigenvalue weighted by Crippen LogP contribution is -2.56. The fourth-order valence-corrected chi connectivity index (χ4v) is 4.77. The third-order valence-corrected chi connectivity index (χ3v) is 6.30. The predicted molar refractivity (Wildman–Crippen MR) is 87.9 cm³/mol. The largest absolute Gasteiger partial charge is 0.487 e. The lowest BCUT2D eigenvalue weighted by Gasteiger charge is -2.52. The molecule has 0 bridgehead atoms. The molecular weight excluding hydrogens is 381 g/mol. The summed E-state index contributed by atoms with van der Waals surface area (Å²) < 4.78 is 6.00. The standard InChI is InChI=1S/C14H16BrCl2NO3/c1-3-14(4-2)11(15)7-12(14)21-13-9(16)5-8(18(19)20)6-10(13)17/h5-6,11-12H,3-4,7H2,1-2H3. The second-order valence-corrected chi connectivity index (χ2v) is 7.17. The van der Waals surface area contributed by atoms with Gasteiger partial charge < -0.3 is 4.74 Å². The molecule has 2 atom stereocenters. The second kappa shape index (κ2) is 6.31. The molecule has 116 valence electrons. The maximum atomic E-state index is 10.8. The number of benzene rings is 1. The van der Waals surface area contributed by atoms with Crippen molar-refractivity contribution in [3.05, 3.63) is 32.3 Å². The van der Waals surface area contributed by atoms with Crippen molar-refractivity contribution in [2.24, 2.45) is 5.41 Å². The van der Waals surface area contributed by atoms with Gasteiger partial charge in [0.2, 0.25) is 0 Å². The molecule has 0 radical (unpaired) electrons. The van der Waals surface area contributed by atoms with Crippen LogP contribution in [0, 0.1) is 15.5 Å². The van der Waals surface area contributed by atoms with Crippen molar-refractivity contribution in [1.29, 1.82) is 0 Å². The molecule has 0 aromatic heterocycles. The van der Waals surface area contributed by atoms with Crippen molar-refractivity contribution in [1.82, 2.24) is 0 Å². The molecule has 0 aliphatic heterocycles. The van der Waals surface area contributed by atoms with Gasteiger partial charge in [-0.25, -0.2) is 0 Å². The topological polar surface area (TPSA) is 52.4 Å². The van der Waals surface area contributed by atoms with E-state index >= 15 is 0 Å². The third-order valence-electron chi connectivity index (χ3n) is 4.46. The van der Waals surface area contributed by atoms with Gasteiger partial charge in [-0.1, -0.05) is 53.0 Å². The van der Waals surface area contributed by atoms with Gasteiger partial charge in [0.15, 0.2) is 5.75 Å². The fraction of sp³-hybridized carbons (Fsp3) is 0.571. The van der Waals surface area contributed by atoms with Crippen molar-refractivity contribution >= 4 is 44.8 Å². The number of ether oxygens (including phenoxy) is 1. The van der Waals surface area contributed by atoms with Gasteiger partial charge in [0.25, 0.3) is 5.69 Å². The number of halogens is 3. The van der Waals surface area contributed by atoms with Crippen molar-refractivity contribution in [3.63, 3.8) is 0 Å². The minimum absolute atomic E-state index is 0.00771. The van der Waals surface area contributed by atoms with Gasteiger partial charge in [-0.3, -0.25) is 10.1 Å². The van der Waals surface area contributed by atoms with Crippen LogP contribution in [0.25, 0.3) is 0 Å². The smallest absolute Gasteiger partial charge is 0.272 e. The average molecular weight is 397 g/mol. The van der Waals surface area contributed by atoms with Gasteiger partial charge in [-0.2, -0.15) is 0 Å². The first-order valence-electron chi connectivity index (χ1n) is 6.79. The summed E-state index contributed by atoms with van der Waals surface area (Å²) in [4.78, 5) is 10.7. The van der Waals surface area contributed by atoms with Crippen LogP contribution in [0.3, 0.4) is 0 Å². The first kappa shape index (κ1) is 16.8. The van der Waals surface area contributed by atoms with Crippen LogP contribution >= 0.6 is 39.1 Å². The van der Waals surface area contributed by atoms with Crippen molar-refractivity contribution in [2.75, 3.05) is 0 Å². The van der Waals surface area contributed by atoms with Crippen molar-refractivity contribution in [3.8, 4) is 5.75 Å². The Hall–Kier alpha value is -0.520. The molecule has 0 spiro atoms. The summed E-state index contributed by atoms with van der Waals surface area (Å²) in [5.41, 5.74) is -0.0874. The summed E-state index contributed by atoms with van der Waals surface area (Å²) >= 11 is 15.9. The molecule has 1 aromatic carbocycles. The maximum absolute atomic E-state index is 10.8. The molecule has 4 nitrogen and oxygen atoms in total. The zero-order chi connectivity index (χ0) is 15.8. The Morgan fingerprint density at radius 1 is 1.38 bits per heavy atom. The quantitative estimate of drug-likeness (QED) is 0.368. The molecule has 0 amide bonds. The monoisotopic (exact) mass is 395 g/mol. The van der Waals surface area contributed by atoms with Gasteiger partial charge in [-0.15, -0.1) is 0 Å². The molecule has 21 heavy (non-hydrogen) atoms. The Bertz CT molecular complexity index is 540. The molecule has 0 saturated heterocycles. The van der Waals surface area contributed by atoms with Gasteiger partial charge in [0.1, 0.15) is 6.10 Å². The number of non-ortho nitro benzene ring substituents is 1. The lowest BCUT2D eigenvalue weighted by molar-refractivity contribution is -0.384. The number of hydrogen-bond acceptors (Lipinski definition) is 3. The van der Waals surface area contributed by atoms with Gasteiger partial charge in [0.05, 0.1) is 15.0 Å². The van der Waals surface area contributed by atoms with E-state index in [1.54, 1.807) is 0 Å². The van der Waals surface area contributed by atoms with E-state index in [9.17, 15) is 10.1 Å². The van der Waals surface area contributed by atoms with Crippen LogP contribution in [-0.2, 0) is 0 Å². The Morgan fingerprint density at radius 3 is 2.29 bits per heavy atom. The van der Waals surface area contributed by atoms with E-state index in [0.717, 1.165) is 19.3 Å². The van der Waals surface area contributed by atoms with Crippen LogP contribution in [0.15, 0.2) is 12.1 Å². The summed E-state index contributed by atoms with van der Waals surface area (Å²) in [6, 6.07) is 2.54. The molecular formula is C14H16BrCl2NO3. The molecule has 7 heteroatoms. The zero-order valence-electron chi connectivity index (χ0n) is 11.7. The molecule has 1 aromatic rings. The Morgan fingerprint density at radius 2 is 1.90 bits per heavy atom. The van der Waals surface area contributed by atoms with Gasteiger partial charge >= 0.3 is 0 Å². The van der Waals surface area contributed by atoms with Crippen molar-refractivity contribution < 1.29 is 9.66 Å². The van der Waals surface area contributed by atoms with E-state index in [1.807, 2.05) is 0 Å². The average Bonchev–Trinajstić information content (AvgIpc) is 2.42. The molecule has 1 saturated carbocycles. The SMILES string of the molecule is CCC1(CC)C(Br)CC1Oc1c(Cl)cc([N+](=O)[O-])cc1Cl. The number of nitrogens with zero attached hydrogens (tertiary/aromatic N) is 1. The van der Waals surface area contributed by atoms with E-state index in [1.165, 1.54) is 12.1 Å². The van der Waals surface area contributed by atoms with Crippen molar-refractivity contribution in [2.45, 2.75) is 44.0 Å². The zero-order valence-corrected chi connectivity index (χ0v) is 14.8. The molecule has 0 N–H and O–H groups in total. The minimum atomic E-state index is -0.526. The van der Waals surface area contributed by atoms with E-state index in [2.05, 4.69) is 29.8 Å². The number of nitro groups is 1. The minimum Gasteiger partial charge on any atom is -0.487 e. The normalized spacial score (nSPS) is 23.5. The number of nitro benzene ring substituents is 1. The number of hydrogen-bond donors (Lipinski definition) is 0. The summed E-state index contributed by atoms with van der Waals surface area (Å²) in [6.45, 7) is 4.26. The summed E-state index contributed by atoms with van der Waals surface area (Å²) in [5, 5.41) is 11.1.